The zero-order valence-electron chi connectivity index (χ0n) is 10.3. The summed E-state index contributed by atoms with van der Waals surface area (Å²) in [5, 5.41) is 0. The molecule has 1 aliphatic carbocycles. The molecule has 100 valence electrons. The van der Waals surface area contributed by atoms with Gasteiger partial charge in [-0.15, -0.1) is 0 Å². The highest BCUT2D eigenvalue weighted by Crippen LogP contribution is 2.36. The first-order chi connectivity index (χ1) is 8.41. The van der Waals surface area contributed by atoms with Gasteiger partial charge in [0.1, 0.15) is 0 Å². The summed E-state index contributed by atoms with van der Waals surface area (Å²) in [6, 6.07) is 3.59. The van der Waals surface area contributed by atoms with Gasteiger partial charge in [0, 0.05) is 13.1 Å². The number of nitrogens with two attached hydrogens (primary N) is 1. The molecule has 0 aliphatic heterocycles. The summed E-state index contributed by atoms with van der Waals surface area (Å²) in [6.07, 6.45) is -1.92. The van der Waals surface area contributed by atoms with Gasteiger partial charge in [0.05, 0.1) is 16.9 Å². The molecule has 0 bridgehead atoms. The number of alkyl halides is 3. The van der Waals surface area contributed by atoms with Gasteiger partial charge in [0.2, 0.25) is 0 Å². The van der Waals surface area contributed by atoms with Gasteiger partial charge in [-0.1, -0.05) is 0 Å². The molecular formula is C13H17F3N2. The van der Waals surface area contributed by atoms with Gasteiger partial charge in [-0.25, -0.2) is 0 Å². The summed E-state index contributed by atoms with van der Waals surface area (Å²) in [6.45, 7) is 3.62. The van der Waals surface area contributed by atoms with E-state index in [1.165, 1.54) is 18.9 Å². The first-order valence-electron chi connectivity index (χ1n) is 6.13. The molecule has 1 saturated carbocycles. The van der Waals surface area contributed by atoms with Crippen LogP contribution in [0.1, 0.15) is 25.3 Å². The predicted molar refractivity (Wildman–Crippen MR) is 66.5 cm³/mol. The Labute approximate surface area is 105 Å². The first kappa shape index (κ1) is 13.1. The van der Waals surface area contributed by atoms with E-state index in [9.17, 15) is 13.2 Å². The number of rotatable bonds is 4. The van der Waals surface area contributed by atoms with Gasteiger partial charge in [-0.05, 0) is 43.9 Å². The van der Waals surface area contributed by atoms with Crippen LogP contribution in [0.5, 0.6) is 0 Å². The number of hydrogen-bond donors (Lipinski definition) is 1. The van der Waals surface area contributed by atoms with E-state index in [0.29, 0.717) is 11.6 Å². The van der Waals surface area contributed by atoms with Crippen LogP contribution in [0.4, 0.5) is 24.5 Å². The largest absolute Gasteiger partial charge is 0.416 e. The monoisotopic (exact) mass is 258 g/mol. The molecule has 18 heavy (non-hydrogen) atoms. The minimum atomic E-state index is -4.33. The third-order valence-electron chi connectivity index (χ3n) is 3.25. The van der Waals surface area contributed by atoms with E-state index in [4.69, 9.17) is 5.73 Å². The summed E-state index contributed by atoms with van der Waals surface area (Å²) >= 11 is 0. The quantitative estimate of drug-likeness (QED) is 0.837. The second kappa shape index (κ2) is 4.71. The molecule has 2 nitrogen and oxygen atoms in total. The fourth-order valence-electron chi connectivity index (χ4n) is 2.03. The highest BCUT2D eigenvalue weighted by Gasteiger charge is 2.31. The number of nitrogens with zero attached hydrogens (tertiary/aromatic N) is 1. The lowest BCUT2D eigenvalue weighted by atomic mass is 10.1. The Balaban J connectivity index is 2.22. The molecule has 0 aromatic heterocycles. The van der Waals surface area contributed by atoms with Crippen molar-refractivity contribution in [1.82, 2.24) is 0 Å². The Morgan fingerprint density at radius 1 is 1.33 bits per heavy atom. The van der Waals surface area contributed by atoms with E-state index in [0.717, 1.165) is 25.2 Å². The van der Waals surface area contributed by atoms with Gasteiger partial charge in [0.25, 0.3) is 0 Å². The topological polar surface area (TPSA) is 29.3 Å². The van der Waals surface area contributed by atoms with Crippen molar-refractivity contribution >= 4 is 11.4 Å². The summed E-state index contributed by atoms with van der Waals surface area (Å²) in [5.41, 5.74) is 5.97. The molecule has 0 atom stereocenters. The highest BCUT2D eigenvalue weighted by molar-refractivity contribution is 5.68. The minimum Gasteiger partial charge on any atom is -0.397 e. The van der Waals surface area contributed by atoms with E-state index >= 15 is 0 Å². The molecule has 1 aliphatic rings. The molecule has 1 aromatic rings. The maximum Gasteiger partial charge on any atom is 0.416 e. The average molecular weight is 258 g/mol. The Hall–Kier alpha value is -1.39. The lowest BCUT2D eigenvalue weighted by molar-refractivity contribution is -0.137. The van der Waals surface area contributed by atoms with Gasteiger partial charge < -0.3 is 10.6 Å². The molecule has 1 aromatic carbocycles. The molecule has 0 saturated heterocycles. The molecular weight excluding hydrogens is 241 g/mol. The smallest absolute Gasteiger partial charge is 0.397 e. The number of hydrogen-bond acceptors (Lipinski definition) is 2. The van der Waals surface area contributed by atoms with Crippen molar-refractivity contribution in [2.75, 3.05) is 23.7 Å². The average Bonchev–Trinajstić information content (AvgIpc) is 3.09. The van der Waals surface area contributed by atoms with Crippen LogP contribution in [0.3, 0.4) is 0 Å². The summed E-state index contributed by atoms with van der Waals surface area (Å²) in [4.78, 5) is 2.05. The van der Waals surface area contributed by atoms with Crippen LogP contribution >= 0.6 is 0 Å². The van der Waals surface area contributed by atoms with Crippen LogP contribution < -0.4 is 10.6 Å². The maximum absolute atomic E-state index is 12.5. The molecule has 0 heterocycles. The van der Waals surface area contributed by atoms with E-state index in [1.807, 2.05) is 11.8 Å². The van der Waals surface area contributed by atoms with Crippen LogP contribution in [0.15, 0.2) is 18.2 Å². The third-order valence-corrected chi connectivity index (χ3v) is 3.25. The summed E-state index contributed by atoms with van der Waals surface area (Å²) in [7, 11) is 0. The second-order valence-corrected chi connectivity index (χ2v) is 4.75. The van der Waals surface area contributed by atoms with E-state index in [2.05, 4.69) is 0 Å². The Kier molecular flexibility index (Phi) is 3.41. The van der Waals surface area contributed by atoms with E-state index < -0.39 is 11.7 Å². The fourth-order valence-corrected chi connectivity index (χ4v) is 2.03. The molecule has 2 N–H and O–H groups in total. The summed E-state index contributed by atoms with van der Waals surface area (Å²) in [5.74, 6) is 0.673. The lowest BCUT2D eigenvalue weighted by Gasteiger charge is -2.25. The van der Waals surface area contributed by atoms with Gasteiger partial charge in [-0.2, -0.15) is 13.2 Å². The lowest BCUT2D eigenvalue weighted by Crippen LogP contribution is -2.26. The Bertz CT molecular complexity index is 425. The maximum atomic E-state index is 12.5. The normalized spacial score (nSPS) is 15.8. The highest BCUT2D eigenvalue weighted by atomic mass is 19.4. The van der Waals surface area contributed by atoms with Crippen molar-refractivity contribution < 1.29 is 13.2 Å². The first-order valence-corrected chi connectivity index (χ1v) is 6.13. The SMILES string of the molecule is CCN(CC1CC1)c1ccc(C(F)(F)F)cc1N. The van der Waals surface area contributed by atoms with Crippen LogP contribution in [-0.4, -0.2) is 13.1 Å². The number of benzene rings is 1. The molecule has 2 rings (SSSR count). The van der Waals surface area contributed by atoms with Crippen LogP contribution in [0, 0.1) is 5.92 Å². The molecule has 1 fully saturated rings. The zero-order chi connectivity index (χ0) is 13.3. The van der Waals surface area contributed by atoms with Crippen molar-refractivity contribution in [3.05, 3.63) is 23.8 Å². The van der Waals surface area contributed by atoms with Gasteiger partial charge in [-0.3, -0.25) is 0 Å². The fraction of sp³-hybridized carbons (Fsp3) is 0.538. The molecule has 0 amide bonds. The zero-order valence-corrected chi connectivity index (χ0v) is 10.3. The van der Waals surface area contributed by atoms with E-state index in [-0.39, 0.29) is 5.69 Å². The predicted octanol–water partition coefficient (Wildman–Crippen LogP) is 3.52. The summed E-state index contributed by atoms with van der Waals surface area (Å²) < 4.78 is 37.6. The molecule has 5 heteroatoms. The van der Waals surface area contributed by atoms with Gasteiger partial charge in [0.15, 0.2) is 0 Å². The van der Waals surface area contributed by atoms with Crippen LogP contribution in [0.25, 0.3) is 0 Å². The Morgan fingerprint density at radius 2 is 2.00 bits per heavy atom. The number of anilines is 2. The molecule has 0 radical (unpaired) electrons. The molecule has 0 spiro atoms. The van der Waals surface area contributed by atoms with Crippen molar-refractivity contribution in [3.8, 4) is 0 Å². The van der Waals surface area contributed by atoms with Gasteiger partial charge >= 0.3 is 6.18 Å². The number of nitrogen functional groups attached to an aromatic ring is 1. The standard InChI is InChI=1S/C13H17F3N2/c1-2-18(8-9-3-4-9)12-6-5-10(7-11(12)17)13(14,15)16/h5-7,9H,2-4,8,17H2,1H3. The van der Waals surface area contributed by atoms with Crippen LogP contribution in [-0.2, 0) is 6.18 Å². The minimum absolute atomic E-state index is 0.201. The Morgan fingerprint density at radius 3 is 2.44 bits per heavy atom. The molecule has 0 unspecified atom stereocenters. The number of halogens is 3. The van der Waals surface area contributed by atoms with Crippen molar-refractivity contribution in [2.24, 2.45) is 5.92 Å². The van der Waals surface area contributed by atoms with E-state index in [1.54, 1.807) is 0 Å². The second-order valence-electron chi connectivity index (χ2n) is 4.75. The van der Waals surface area contributed by atoms with Crippen molar-refractivity contribution in [1.29, 1.82) is 0 Å². The van der Waals surface area contributed by atoms with Crippen molar-refractivity contribution in [2.45, 2.75) is 25.9 Å². The third kappa shape index (κ3) is 2.89. The van der Waals surface area contributed by atoms with Crippen LogP contribution in [0.2, 0.25) is 0 Å². The van der Waals surface area contributed by atoms with Crippen molar-refractivity contribution in [3.63, 3.8) is 0 Å².